The normalized spacial score (nSPS) is 14.3. The Labute approximate surface area is 424 Å². The van der Waals surface area contributed by atoms with Gasteiger partial charge in [-0.05, 0) is 85.8 Å². The van der Waals surface area contributed by atoms with Crippen LogP contribution in [0.2, 0.25) is 15.1 Å². The molecule has 74 heavy (non-hydrogen) atoms. The van der Waals surface area contributed by atoms with E-state index in [0.717, 1.165) is 29.8 Å². The zero-order chi connectivity index (χ0) is 53.9. The number of pyridine rings is 1. The van der Waals surface area contributed by atoms with Crippen molar-refractivity contribution in [2.45, 2.75) is 6.92 Å². The lowest BCUT2D eigenvalue weighted by Crippen LogP contribution is -1.97. The molecule has 0 saturated carbocycles. The van der Waals surface area contributed by atoms with Crippen LogP contribution in [0, 0.1) is 22.9 Å². The number of carbonyl (C=O) groups excluding carboxylic acids is 12. The molecule has 22 nitrogen and oxygen atoms in total. The van der Waals surface area contributed by atoms with Crippen molar-refractivity contribution in [1.29, 1.82) is 0 Å². The van der Waals surface area contributed by atoms with Gasteiger partial charge in [0.25, 0.3) is 5.69 Å². The van der Waals surface area contributed by atoms with Crippen molar-refractivity contribution in [2.75, 3.05) is 0 Å². The molecule has 1 aromatic heterocycles. The van der Waals surface area contributed by atoms with Gasteiger partial charge in [0.2, 0.25) is 0 Å². The molecule has 0 saturated heterocycles. The second-order valence-corrected chi connectivity index (χ2v) is 15.9. The first-order chi connectivity index (χ1) is 35.0. The third-order valence-corrected chi connectivity index (χ3v) is 10.9. The van der Waals surface area contributed by atoms with Gasteiger partial charge in [-0.15, -0.1) is 0 Å². The summed E-state index contributed by atoms with van der Waals surface area (Å²) in [5, 5.41) is 11.2. The topological polar surface area (TPSA) is 316 Å². The fourth-order valence-electron chi connectivity index (χ4n) is 6.50. The van der Waals surface area contributed by atoms with E-state index in [2.05, 4.69) is 33.4 Å². The largest absolute Gasteiger partial charge is 0.386 e. The van der Waals surface area contributed by atoms with E-state index in [1.807, 2.05) is 6.92 Å². The number of halogens is 4. The van der Waals surface area contributed by atoms with Crippen LogP contribution < -0.4 is 0 Å². The van der Waals surface area contributed by atoms with Crippen LogP contribution in [0.5, 0.6) is 0 Å². The summed E-state index contributed by atoms with van der Waals surface area (Å²) in [6.07, 6.45) is 1.44. The van der Waals surface area contributed by atoms with E-state index in [1.54, 1.807) is 30.3 Å². The molecule has 0 N–H and O–H groups in total. The summed E-state index contributed by atoms with van der Waals surface area (Å²) in [6.45, 7) is 1.86. The minimum Gasteiger partial charge on any atom is -0.386 e. The van der Waals surface area contributed by atoms with Crippen LogP contribution in [-0.2, 0) is 28.4 Å². The highest BCUT2D eigenvalue weighted by atomic mass is 35.5. The Balaban J connectivity index is 0.000000130. The zero-order valence-corrected chi connectivity index (χ0v) is 38.7. The quantitative estimate of drug-likeness (QED) is 0.0500. The number of benzene rings is 5. The monoisotopic (exact) mass is 1070 g/mol. The molecule has 6 aromatic rings. The van der Waals surface area contributed by atoms with Crippen LogP contribution in [0.4, 0.5) is 10.1 Å². The van der Waals surface area contributed by atoms with Crippen LogP contribution in [-0.4, -0.2) is 81.5 Å². The van der Waals surface area contributed by atoms with Gasteiger partial charge < -0.3 is 28.4 Å². The Morgan fingerprint density at radius 1 is 0.419 bits per heavy atom. The van der Waals surface area contributed by atoms with Gasteiger partial charge in [0.05, 0.1) is 76.2 Å². The maximum atomic E-state index is 12.5. The minimum atomic E-state index is -0.839. The summed E-state index contributed by atoms with van der Waals surface area (Å²) in [6, 6.07) is 21.9. The number of cyclic esters (lactones) is 12. The third kappa shape index (κ3) is 11.1. The molecule has 0 fully saturated rings. The van der Waals surface area contributed by atoms with Gasteiger partial charge >= 0.3 is 71.6 Å². The molecule has 0 bridgehead atoms. The summed E-state index contributed by atoms with van der Waals surface area (Å²) < 4.78 is 38.4. The number of esters is 12. The van der Waals surface area contributed by atoms with Gasteiger partial charge in [0.15, 0.2) is 5.69 Å². The number of nitro benzene ring substituents is 1. The van der Waals surface area contributed by atoms with Crippen LogP contribution >= 0.6 is 34.8 Å². The van der Waals surface area contributed by atoms with Crippen molar-refractivity contribution in [3.63, 3.8) is 0 Å². The van der Waals surface area contributed by atoms with Crippen molar-refractivity contribution in [1.82, 2.24) is 4.98 Å². The maximum absolute atomic E-state index is 12.5. The fourth-order valence-corrected chi connectivity index (χ4v) is 7.00. The molecule has 7 heterocycles. The first kappa shape index (κ1) is 52.1. The number of nitrogens with zero attached hydrogens (tertiary/aromatic N) is 2. The summed E-state index contributed by atoms with van der Waals surface area (Å²) in [5.41, 5.74) is 2.80. The highest BCUT2D eigenvalue weighted by Gasteiger charge is 2.34. The fraction of sp³-hybridized carbons (Fsp3) is 0.0208. The number of hydrogen-bond donors (Lipinski definition) is 0. The Kier molecular flexibility index (Phi) is 15.0. The first-order valence-corrected chi connectivity index (χ1v) is 21.2. The SMILES string of the molecule is Cc1ccc2c(c1)C(=O)OC2=O.O=C1OC(=O)c2cc(Cl)c(Cl)cc21.O=C1OC(=O)c2cc(Cl)ccc21.O=C1OC(=O)c2cc(F)ccc21.O=C1OC(=O)c2cc([N+](=O)[O-])ccc21.O=C1OC(=O)c2ncccc21. The van der Waals surface area contributed by atoms with E-state index < -0.39 is 82.4 Å². The van der Waals surface area contributed by atoms with Gasteiger partial charge in [-0.2, -0.15) is 0 Å². The van der Waals surface area contributed by atoms with Gasteiger partial charge in [0.1, 0.15) is 5.82 Å². The number of hydrogen-bond acceptors (Lipinski definition) is 21. The van der Waals surface area contributed by atoms with Crippen molar-refractivity contribution >= 4 is 112 Å². The average Bonchev–Trinajstić information content (AvgIpc) is 4.15. The van der Waals surface area contributed by atoms with E-state index in [1.165, 1.54) is 48.7 Å². The van der Waals surface area contributed by atoms with Crippen molar-refractivity contribution in [3.8, 4) is 0 Å². The summed E-state index contributed by atoms with van der Waals surface area (Å²) in [5.74, 6) is -8.61. The Morgan fingerprint density at radius 2 is 0.784 bits per heavy atom. The molecule has 0 radical (unpaired) electrons. The summed E-state index contributed by atoms with van der Waals surface area (Å²) >= 11 is 16.9. The Morgan fingerprint density at radius 3 is 1.26 bits per heavy atom. The Bertz CT molecular complexity index is 3340. The van der Waals surface area contributed by atoms with Crippen LogP contribution in [0.25, 0.3) is 0 Å². The van der Waals surface area contributed by atoms with Crippen LogP contribution in [0.3, 0.4) is 0 Å². The average molecular weight is 1070 g/mol. The molecule has 0 unspecified atom stereocenters. The number of fused-ring (bicyclic) bond motifs is 6. The molecule has 0 spiro atoms. The number of rotatable bonds is 1. The highest BCUT2D eigenvalue weighted by Crippen LogP contribution is 2.30. The lowest BCUT2D eigenvalue weighted by Gasteiger charge is -1.95. The molecule has 6 aliphatic rings. The molecule has 6 aliphatic heterocycles. The van der Waals surface area contributed by atoms with Gasteiger partial charge in [-0.3, -0.25) is 10.1 Å². The molecule has 5 aromatic carbocycles. The van der Waals surface area contributed by atoms with Crippen molar-refractivity contribution < 1.29 is 95.3 Å². The second-order valence-electron chi connectivity index (χ2n) is 14.7. The predicted octanol–water partition coefficient (Wildman–Crippen LogP) is 7.69. The molecule has 0 atom stereocenters. The number of nitro groups is 1. The number of non-ortho nitro benzene ring substituents is 1. The zero-order valence-electron chi connectivity index (χ0n) is 36.4. The lowest BCUT2D eigenvalue weighted by atomic mass is 10.1. The van der Waals surface area contributed by atoms with Gasteiger partial charge in [0, 0.05) is 23.4 Å². The van der Waals surface area contributed by atoms with Crippen LogP contribution in [0.15, 0.2) is 103 Å². The summed E-state index contributed by atoms with van der Waals surface area (Å²) in [7, 11) is 0. The first-order valence-electron chi connectivity index (χ1n) is 20.0. The van der Waals surface area contributed by atoms with Gasteiger partial charge in [-0.25, -0.2) is 66.9 Å². The molecule has 370 valence electrons. The van der Waals surface area contributed by atoms with E-state index in [4.69, 9.17) is 34.8 Å². The van der Waals surface area contributed by atoms with E-state index in [9.17, 15) is 72.0 Å². The van der Waals surface area contributed by atoms with E-state index >= 15 is 0 Å². The van der Waals surface area contributed by atoms with Crippen molar-refractivity contribution in [3.05, 3.63) is 207 Å². The number of carbonyl (C=O) groups is 12. The lowest BCUT2D eigenvalue weighted by molar-refractivity contribution is -0.384. The maximum Gasteiger partial charge on any atom is 0.365 e. The molecular formula is C48H20Cl3FN2O20. The predicted molar refractivity (Wildman–Crippen MR) is 241 cm³/mol. The second kappa shape index (κ2) is 21.3. The summed E-state index contributed by atoms with van der Waals surface area (Å²) in [4.78, 5) is 144. The van der Waals surface area contributed by atoms with Gasteiger partial charge in [-0.1, -0.05) is 46.4 Å². The van der Waals surface area contributed by atoms with E-state index in [-0.39, 0.29) is 71.5 Å². The third-order valence-electron chi connectivity index (χ3n) is 9.95. The standard InChI is InChI=1S/C9H6O3.C8H2Cl2O3.C8H3ClO3.C8H3FO3.C8H3NO5.C7H3NO3/c1-5-2-3-6-7(4-5)9(11)12-8(6)10;9-5-1-3-4(2-6(5)10)8(12)13-7(3)11;2*9-4-1-2-5-6(3-4)8(11)12-7(5)10;10-7-5-2-1-4(9(12)13)3-6(5)8(11)14-7;9-6-4-2-1-3-8-5(4)7(10)11-6/h2-4H,1H3;1-2H;2*1-3H;1-3H;1-3H. The number of aromatic nitrogens is 1. The minimum absolute atomic E-state index is 0.000000000000000444. The molecule has 26 heteroatoms. The smallest absolute Gasteiger partial charge is 0.365 e. The molecule has 0 aliphatic carbocycles. The number of ether oxygens (including phenoxy) is 6. The highest BCUT2D eigenvalue weighted by molar-refractivity contribution is 6.42. The van der Waals surface area contributed by atoms with E-state index in [0.29, 0.717) is 16.1 Å². The van der Waals surface area contributed by atoms with Crippen molar-refractivity contribution in [2.24, 2.45) is 0 Å². The Hall–Kier alpha value is -9.71. The van der Waals surface area contributed by atoms with Crippen LogP contribution in [0.1, 0.15) is 130 Å². The molecule has 0 amide bonds. The molecular weight excluding hydrogens is 1050 g/mol. The molecule has 12 rings (SSSR count). The number of aryl methyl sites for hydroxylation is 1.